The van der Waals surface area contributed by atoms with Crippen LogP contribution in [0.4, 0.5) is 0 Å². The average Bonchev–Trinajstić information content (AvgIpc) is 2.67. The van der Waals surface area contributed by atoms with E-state index in [4.69, 9.17) is 9.47 Å². The first-order chi connectivity index (χ1) is 9.24. The summed E-state index contributed by atoms with van der Waals surface area (Å²) in [7, 11) is 0. The molecule has 0 spiro atoms. The summed E-state index contributed by atoms with van der Waals surface area (Å²) >= 11 is 0. The molecule has 112 valence electrons. The highest BCUT2D eigenvalue weighted by Crippen LogP contribution is 2.25. The molecule has 0 unspecified atom stereocenters. The van der Waals surface area contributed by atoms with Crippen LogP contribution in [0.25, 0.3) is 0 Å². The second kappa shape index (κ2) is 10.2. The molecule has 1 N–H and O–H groups in total. The van der Waals surface area contributed by atoms with Crippen LogP contribution in [0.3, 0.4) is 0 Å². The molecule has 1 atom stereocenters. The van der Waals surface area contributed by atoms with Gasteiger partial charge in [0.1, 0.15) is 6.61 Å². The molecule has 0 aromatic carbocycles. The van der Waals surface area contributed by atoms with Gasteiger partial charge >= 0.3 is 5.97 Å². The van der Waals surface area contributed by atoms with Crippen LogP contribution in [0.2, 0.25) is 0 Å². The van der Waals surface area contributed by atoms with E-state index in [-0.39, 0.29) is 12.6 Å². The zero-order valence-electron chi connectivity index (χ0n) is 12.5. The molecule has 0 amide bonds. The fourth-order valence-electron chi connectivity index (χ4n) is 2.69. The number of hydrogen-bond donors (Lipinski definition) is 1. The van der Waals surface area contributed by atoms with Crippen molar-refractivity contribution in [3.63, 3.8) is 0 Å². The summed E-state index contributed by atoms with van der Waals surface area (Å²) in [5, 5.41) is 3.51. The highest BCUT2D eigenvalue weighted by molar-refractivity contribution is 5.70. The van der Waals surface area contributed by atoms with Crippen LogP contribution in [0.5, 0.6) is 0 Å². The Balaban J connectivity index is 2.03. The largest absolute Gasteiger partial charge is 0.464 e. The third-order valence-corrected chi connectivity index (χ3v) is 3.84. The van der Waals surface area contributed by atoms with Crippen LogP contribution in [0.1, 0.15) is 52.4 Å². The Morgan fingerprint density at radius 3 is 2.58 bits per heavy atom. The van der Waals surface area contributed by atoms with Gasteiger partial charge in [0.15, 0.2) is 0 Å². The van der Waals surface area contributed by atoms with E-state index in [1.54, 1.807) is 6.92 Å². The molecule has 1 aliphatic rings. The van der Waals surface area contributed by atoms with E-state index in [1.165, 1.54) is 38.5 Å². The predicted molar refractivity (Wildman–Crippen MR) is 76.1 cm³/mol. The lowest BCUT2D eigenvalue weighted by Crippen LogP contribution is -2.35. The molecular formula is C15H29NO3. The first kappa shape index (κ1) is 16.4. The Kier molecular flexibility index (Phi) is 8.84. The molecule has 0 heterocycles. The highest BCUT2D eigenvalue weighted by Gasteiger charge is 2.18. The van der Waals surface area contributed by atoms with Crippen molar-refractivity contribution in [2.75, 3.05) is 26.4 Å². The van der Waals surface area contributed by atoms with Crippen LogP contribution in [-0.2, 0) is 14.3 Å². The highest BCUT2D eigenvalue weighted by atomic mass is 16.6. The lowest BCUT2D eigenvalue weighted by Gasteiger charge is -2.23. The first-order valence-corrected chi connectivity index (χ1v) is 7.70. The van der Waals surface area contributed by atoms with Crippen molar-refractivity contribution >= 4 is 5.97 Å². The maximum atomic E-state index is 11.1. The number of esters is 1. The number of hydrogen-bond acceptors (Lipinski definition) is 4. The van der Waals surface area contributed by atoms with Crippen molar-refractivity contribution < 1.29 is 14.3 Å². The van der Waals surface area contributed by atoms with Gasteiger partial charge in [-0.1, -0.05) is 25.7 Å². The van der Waals surface area contributed by atoms with E-state index in [9.17, 15) is 4.79 Å². The summed E-state index contributed by atoms with van der Waals surface area (Å²) < 4.78 is 10.1. The normalized spacial score (nSPS) is 18.8. The topological polar surface area (TPSA) is 47.6 Å². The second-order valence-electron chi connectivity index (χ2n) is 5.35. The number of nitrogens with one attached hydrogen (secondary N) is 1. The second-order valence-corrected chi connectivity index (χ2v) is 5.35. The maximum Gasteiger partial charge on any atom is 0.332 e. The zero-order valence-corrected chi connectivity index (χ0v) is 12.5. The van der Waals surface area contributed by atoms with Crippen LogP contribution < -0.4 is 5.32 Å². The van der Waals surface area contributed by atoms with Gasteiger partial charge in [0, 0.05) is 12.6 Å². The van der Waals surface area contributed by atoms with Crippen molar-refractivity contribution in [2.24, 2.45) is 5.92 Å². The summed E-state index contributed by atoms with van der Waals surface area (Å²) in [5.74, 6) is 0.520. The number of ether oxygens (including phenoxy) is 2. The van der Waals surface area contributed by atoms with Gasteiger partial charge in [-0.3, -0.25) is 0 Å². The maximum absolute atomic E-state index is 11.1. The van der Waals surface area contributed by atoms with E-state index in [0.29, 0.717) is 19.3 Å². The Hall–Kier alpha value is -0.610. The van der Waals surface area contributed by atoms with Gasteiger partial charge < -0.3 is 14.8 Å². The molecule has 4 heteroatoms. The van der Waals surface area contributed by atoms with Crippen molar-refractivity contribution in [1.29, 1.82) is 0 Å². The Labute approximate surface area is 117 Å². The molecule has 1 fully saturated rings. The number of rotatable bonds is 8. The molecule has 0 bridgehead atoms. The van der Waals surface area contributed by atoms with Gasteiger partial charge in [0.2, 0.25) is 0 Å². The van der Waals surface area contributed by atoms with E-state index in [0.717, 1.165) is 12.5 Å². The SMILES string of the molecule is CCOC(=O)COCCN[C@@H](C)C1CCCCCC1. The van der Waals surface area contributed by atoms with Gasteiger partial charge in [0.05, 0.1) is 13.2 Å². The van der Waals surface area contributed by atoms with Crippen LogP contribution in [0.15, 0.2) is 0 Å². The third-order valence-electron chi connectivity index (χ3n) is 3.84. The summed E-state index contributed by atoms with van der Waals surface area (Å²) in [6.45, 7) is 5.91. The summed E-state index contributed by atoms with van der Waals surface area (Å²) in [5.41, 5.74) is 0. The Morgan fingerprint density at radius 2 is 1.95 bits per heavy atom. The van der Waals surface area contributed by atoms with Crippen molar-refractivity contribution in [3.8, 4) is 0 Å². The van der Waals surface area contributed by atoms with Gasteiger partial charge in [-0.05, 0) is 32.6 Å². The van der Waals surface area contributed by atoms with E-state index < -0.39 is 0 Å². The molecule has 0 aromatic heterocycles. The molecule has 19 heavy (non-hydrogen) atoms. The third kappa shape index (κ3) is 7.53. The van der Waals surface area contributed by atoms with Gasteiger partial charge in [-0.15, -0.1) is 0 Å². The van der Waals surface area contributed by atoms with Gasteiger partial charge in [0.25, 0.3) is 0 Å². The predicted octanol–water partition coefficient (Wildman–Crippen LogP) is 2.51. The summed E-state index contributed by atoms with van der Waals surface area (Å²) in [6.07, 6.45) is 8.22. The smallest absolute Gasteiger partial charge is 0.332 e. The first-order valence-electron chi connectivity index (χ1n) is 7.70. The fraction of sp³-hybridized carbons (Fsp3) is 0.933. The summed E-state index contributed by atoms with van der Waals surface area (Å²) in [6, 6.07) is 0.546. The van der Waals surface area contributed by atoms with Crippen LogP contribution in [-0.4, -0.2) is 38.4 Å². The Morgan fingerprint density at radius 1 is 1.26 bits per heavy atom. The molecule has 1 aliphatic carbocycles. The van der Waals surface area contributed by atoms with Crippen LogP contribution in [0, 0.1) is 5.92 Å². The molecule has 0 aliphatic heterocycles. The molecule has 1 rings (SSSR count). The lowest BCUT2D eigenvalue weighted by molar-refractivity contribution is -0.148. The standard InChI is InChI=1S/C15H29NO3/c1-3-19-15(17)12-18-11-10-16-13(2)14-8-6-4-5-7-9-14/h13-14,16H,3-12H2,1-2H3/t13-/m0/s1. The summed E-state index contributed by atoms with van der Waals surface area (Å²) in [4.78, 5) is 11.1. The van der Waals surface area contributed by atoms with E-state index in [1.807, 2.05) is 0 Å². The number of carbonyl (C=O) groups excluding carboxylic acids is 1. The van der Waals surface area contributed by atoms with Crippen molar-refractivity contribution in [1.82, 2.24) is 5.32 Å². The minimum absolute atomic E-state index is 0.0628. The monoisotopic (exact) mass is 271 g/mol. The van der Waals surface area contributed by atoms with Gasteiger partial charge in [-0.2, -0.15) is 0 Å². The minimum Gasteiger partial charge on any atom is -0.464 e. The molecule has 0 radical (unpaired) electrons. The molecule has 0 aromatic rings. The quantitative estimate of drug-likeness (QED) is 0.418. The Bertz CT molecular complexity index is 238. The lowest BCUT2D eigenvalue weighted by atomic mass is 9.93. The molecule has 1 saturated carbocycles. The minimum atomic E-state index is -0.278. The fourth-order valence-corrected chi connectivity index (χ4v) is 2.69. The molecular weight excluding hydrogens is 242 g/mol. The number of carbonyl (C=O) groups is 1. The average molecular weight is 271 g/mol. The van der Waals surface area contributed by atoms with E-state index >= 15 is 0 Å². The molecule has 4 nitrogen and oxygen atoms in total. The van der Waals surface area contributed by atoms with Crippen molar-refractivity contribution in [2.45, 2.75) is 58.4 Å². The van der Waals surface area contributed by atoms with E-state index in [2.05, 4.69) is 12.2 Å². The van der Waals surface area contributed by atoms with Gasteiger partial charge in [-0.25, -0.2) is 4.79 Å². The zero-order chi connectivity index (χ0) is 13.9. The molecule has 0 saturated heterocycles. The van der Waals surface area contributed by atoms with Crippen LogP contribution >= 0.6 is 0 Å². The van der Waals surface area contributed by atoms with Crippen molar-refractivity contribution in [3.05, 3.63) is 0 Å².